The molecule has 1 aromatic carbocycles. The number of nitrogens with zero attached hydrogens (tertiary/aromatic N) is 2. The predicted molar refractivity (Wildman–Crippen MR) is 122 cm³/mol. The molecule has 2 atom stereocenters. The molecule has 0 saturated heterocycles. The van der Waals surface area contributed by atoms with E-state index >= 15 is 0 Å². The molecule has 174 valence electrons. The smallest absolute Gasteiger partial charge is 0.270 e. The van der Waals surface area contributed by atoms with E-state index in [1.807, 2.05) is 33.8 Å². The lowest BCUT2D eigenvalue weighted by molar-refractivity contribution is -0.384. The molecule has 0 saturated carbocycles. The van der Waals surface area contributed by atoms with Crippen LogP contribution in [0, 0.1) is 16.0 Å². The summed E-state index contributed by atoms with van der Waals surface area (Å²) in [4.78, 5) is 38.1. The molecule has 0 spiro atoms. The molecule has 2 N–H and O–H groups in total. The number of amides is 2. The molecule has 0 radical (unpaired) electrons. The fourth-order valence-electron chi connectivity index (χ4n) is 3.42. The topological polar surface area (TPSA) is 118 Å². The highest BCUT2D eigenvalue weighted by molar-refractivity contribution is 6.34. The monoisotopic (exact) mass is 464 g/mol. The number of benzene rings is 1. The third-order valence-corrected chi connectivity index (χ3v) is 5.55. The number of rotatable bonds is 11. The normalized spacial score (nSPS) is 13.1. The second kappa shape index (κ2) is 11.6. The van der Waals surface area contributed by atoms with Crippen LogP contribution in [0.3, 0.4) is 0 Å². The number of carbonyl (C=O) groups excluding carboxylic acids is 2. The third kappa shape index (κ3) is 6.30. The number of nitro benzene ring substituents is 1. The zero-order valence-corrected chi connectivity index (χ0v) is 19.4. The second-order valence-corrected chi connectivity index (χ2v) is 8.02. The number of carbonyl (C=O) groups is 2. The maximum absolute atomic E-state index is 13.0. The zero-order valence-electron chi connectivity index (χ0n) is 18.6. The lowest BCUT2D eigenvalue weighted by Crippen LogP contribution is -2.51. The minimum absolute atomic E-state index is 0.0565. The molecule has 0 aliphatic heterocycles. The Kier molecular flexibility index (Phi) is 9.22. The molecule has 32 heavy (non-hydrogen) atoms. The number of likely N-dealkylation sites (N-methyl/N-ethyl adjacent to an activating group) is 1. The number of halogens is 1. The van der Waals surface area contributed by atoms with Crippen molar-refractivity contribution in [3.05, 3.63) is 63.1 Å². The Morgan fingerprint density at radius 1 is 1.22 bits per heavy atom. The molecule has 0 bridgehead atoms. The molecule has 0 fully saturated rings. The highest BCUT2D eigenvalue weighted by Gasteiger charge is 2.28. The Hall–Kier alpha value is -2.91. The number of nitrogens with one attached hydrogen (secondary N) is 2. The van der Waals surface area contributed by atoms with E-state index in [1.54, 1.807) is 12.3 Å². The van der Waals surface area contributed by atoms with Crippen LogP contribution in [0.2, 0.25) is 5.02 Å². The van der Waals surface area contributed by atoms with Gasteiger partial charge in [-0.25, -0.2) is 0 Å². The van der Waals surface area contributed by atoms with Crippen molar-refractivity contribution in [2.24, 2.45) is 5.92 Å². The van der Waals surface area contributed by atoms with Crippen LogP contribution in [-0.2, 0) is 4.79 Å². The van der Waals surface area contributed by atoms with E-state index in [2.05, 4.69) is 15.5 Å². The van der Waals surface area contributed by atoms with Crippen molar-refractivity contribution in [2.75, 3.05) is 19.6 Å². The first-order valence-electron chi connectivity index (χ1n) is 10.5. The average molecular weight is 465 g/mol. The van der Waals surface area contributed by atoms with E-state index in [1.165, 1.54) is 12.1 Å². The Balaban J connectivity index is 2.12. The van der Waals surface area contributed by atoms with Gasteiger partial charge in [0.1, 0.15) is 11.8 Å². The van der Waals surface area contributed by atoms with Crippen molar-refractivity contribution in [3.63, 3.8) is 0 Å². The van der Waals surface area contributed by atoms with Gasteiger partial charge in [0.2, 0.25) is 5.91 Å². The van der Waals surface area contributed by atoms with Crippen molar-refractivity contribution < 1.29 is 18.9 Å². The number of furan rings is 1. The van der Waals surface area contributed by atoms with Crippen LogP contribution in [0.1, 0.15) is 49.9 Å². The van der Waals surface area contributed by atoms with E-state index in [-0.39, 0.29) is 34.1 Å². The number of hydrogen-bond donors (Lipinski definition) is 2. The highest BCUT2D eigenvalue weighted by Crippen LogP contribution is 2.23. The summed E-state index contributed by atoms with van der Waals surface area (Å²) in [6.07, 6.45) is 1.60. The molecule has 1 heterocycles. The molecule has 10 heteroatoms. The van der Waals surface area contributed by atoms with Crippen molar-refractivity contribution in [1.29, 1.82) is 0 Å². The number of non-ortho nitro benzene ring substituents is 1. The predicted octanol–water partition coefficient (Wildman–Crippen LogP) is 3.79. The zero-order chi connectivity index (χ0) is 23.8. The van der Waals surface area contributed by atoms with Crippen molar-refractivity contribution in [1.82, 2.24) is 15.5 Å². The Morgan fingerprint density at radius 2 is 1.91 bits per heavy atom. The Morgan fingerprint density at radius 3 is 2.41 bits per heavy atom. The highest BCUT2D eigenvalue weighted by atomic mass is 35.5. The van der Waals surface area contributed by atoms with Crippen molar-refractivity contribution in [3.8, 4) is 0 Å². The Labute approximate surface area is 192 Å². The molecule has 0 aliphatic carbocycles. The first-order chi connectivity index (χ1) is 15.2. The van der Waals surface area contributed by atoms with Crippen LogP contribution in [-0.4, -0.2) is 47.3 Å². The maximum Gasteiger partial charge on any atom is 0.270 e. The summed E-state index contributed by atoms with van der Waals surface area (Å²) in [6.45, 7) is 9.57. The average Bonchev–Trinajstić information content (AvgIpc) is 3.28. The van der Waals surface area contributed by atoms with Crippen LogP contribution in [0.25, 0.3) is 0 Å². The maximum atomic E-state index is 13.0. The van der Waals surface area contributed by atoms with Crippen molar-refractivity contribution >= 4 is 29.1 Å². The van der Waals surface area contributed by atoms with Crippen LogP contribution in [0.5, 0.6) is 0 Å². The van der Waals surface area contributed by atoms with Gasteiger partial charge in [0.15, 0.2) is 0 Å². The SMILES string of the molecule is CCN(CC)C(CNC(=O)C(NC(=O)c1ccc([N+](=O)[O-])cc1Cl)C(C)C)c1ccco1. The number of hydrogen-bond acceptors (Lipinski definition) is 6. The van der Waals surface area contributed by atoms with Crippen LogP contribution >= 0.6 is 11.6 Å². The molecular weight excluding hydrogens is 436 g/mol. The minimum Gasteiger partial charge on any atom is -0.468 e. The molecule has 0 aliphatic rings. The van der Waals surface area contributed by atoms with Crippen LogP contribution < -0.4 is 10.6 Å². The number of nitro groups is 1. The van der Waals surface area contributed by atoms with Gasteiger partial charge in [-0.2, -0.15) is 0 Å². The summed E-state index contributed by atoms with van der Waals surface area (Å²) < 4.78 is 5.56. The molecule has 2 amide bonds. The van der Waals surface area contributed by atoms with Gasteiger partial charge >= 0.3 is 0 Å². The van der Waals surface area contributed by atoms with E-state index < -0.39 is 16.9 Å². The van der Waals surface area contributed by atoms with Gasteiger partial charge in [0.25, 0.3) is 11.6 Å². The first-order valence-corrected chi connectivity index (χ1v) is 10.9. The van der Waals surface area contributed by atoms with Crippen molar-refractivity contribution in [2.45, 2.75) is 39.8 Å². The summed E-state index contributed by atoms with van der Waals surface area (Å²) >= 11 is 6.06. The van der Waals surface area contributed by atoms with Gasteiger partial charge in [-0.3, -0.25) is 24.6 Å². The first kappa shape index (κ1) is 25.4. The fourth-order valence-corrected chi connectivity index (χ4v) is 3.68. The van der Waals surface area contributed by atoms with E-state index in [9.17, 15) is 19.7 Å². The van der Waals surface area contributed by atoms with E-state index in [0.717, 1.165) is 24.9 Å². The second-order valence-electron chi connectivity index (χ2n) is 7.61. The molecule has 2 unspecified atom stereocenters. The van der Waals surface area contributed by atoms with Gasteiger partial charge in [-0.1, -0.05) is 39.3 Å². The van der Waals surface area contributed by atoms with E-state index in [0.29, 0.717) is 6.54 Å². The summed E-state index contributed by atoms with van der Waals surface area (Å²) in [5, 5.41) is 16.4. The van der Waals surface area contributed by atoms with Gasteiger partial charge in [0.05, 0.1) is 27.8 Å². The summed E-state index contributed by atoms with van der Waals surface area (Å²) in [7, 11) is 0. The van der Waals surface area contributed by atoms with Crippen LogP contribution in [0.15, 0.2) is 41.0 Å². The Bertz CT molecular complexity index is 928. The van der Waals surface area contributed by atoms with E-state index in [4.69, 9.17) is 16.0 Å². The van der Waals surface area contributed by atoms with Gasteiger partial charge in [-0.15, -0.1) is 0 Å². The third-order valence-electron chi connectivity index (χ3n) is 5.24. The molecule has 2 rings (SSSR count). The summed E-state index contributed by atoms with van der Waals surface area (Å²) in [5.41, 5.74) is -0.155. The molecule has 1 aromatic heterocycles. The van der Waals surface area contributed by atoms with Gasteiger partial charge < -0.3 is 15.1 Å². The molecule has 9 nitrogen and oxygen atoms in total. The molecular formula is C22H29ClN4O5. The lowest BCUT2D eigenvalue weighted by atomic mass is 10.0. The lowest BCUT2D eigenvalue weighted by Gasteiger charge is -2.29. The van der Waals surface area contributed by atoms with Crippen LogP contribution in [0.4, 0.5) is 5.69 Å². The quantitative estimate of drug-likeness (QED) is 0.386. The summed E-state index contributed by atoms with van der Waals surface area (Å²) in [6, 6.07) is 6.30. The van der Waals surface area contributed by atoms with Gasteiger partial charge in [0, 0.05) is 18.7 Å². The van der Waals surface area contributed by atoms with Gasteiger partial charge in [-0.05, 0) is 37.2 Å². The largest absolute Gasteiger partial charge is 0.468 e. The summed E-state index contributed by atoms with van der Waals surface area (Å²) in [5.74, 6) is -0.372. The standard InChI is InChI=1S/C22H29ClN4O5/c1-5-26(6-2)18(19-8-7-11-32-19)13-24-22(29)20(14(3)4)25-21(28)16-10-9-15(27(30)31)12-17(16)23/h7-12,14,18,20H,5-6,13H2,1-4H3,(H,24,29)(H,25,28). The minimum atomic E-state index is -0.817. The fraction of sp³-hybridized carbons (Fsp3) is 0.455. The molecule has 2 aromatic rings.